The zero-order valence-electron chi connectivity index (χ0n) is 31.9. The molecule has 0 aromatic carbocycles. The molecule has 0 atom stereocenters. The topological polar surface area (TPSA) is 18.5 Å². The first-order valence-electron chi connectivity index (χ1n) is 20.6. The number of hydrogen-bond donors (Lipinski definition) is 0. The fraction of sp³-hybridized carbons (Fsp3) is 1.00. The Hall–Kier alpha value is 1.52. The zero-order chi connectivity index (χ0) is 32.7. The minimum atomic E-state index is -2.88. The molecular weight excluding hydrogens is 750 g/mol. The summed E-state index contributed by atoms with van der Waals surface area (Å²) in [7, 11) is 0. The van der Waals surface area contributed by atoms with Crippen LogP contribution in [-0.2, 0) is 6.15 Å². The summed E-state index contributed by atoms with van der Waals surface area (Å²) in [6.07, 6.45) is 39.2. The Morgan fingerprint density at radius 1 is 0.318 bits per heavy atom. The van der Waals surface area contributed by atoms with E-state index < -0.39 is 19.2 Å². The van der Waals surface area contributed by atoms with Crippen LogP contribution in [0.5, 0.6) is 0 Å². The third-order valence-corrected chi connectivity index (χ3v) is 23.5. The molecule has 0 saturated carbocycles. The molecule has 266 valence electrons. The van der Waals surface area contributed by atoms with E-state index in [1.165, 1.54) is 176 Å². The van der Waals surface area contributed by atoms with Gasteiger partial charge in [0.05, 0.1) is 0 Å². The summed E-state index contributed by atoms with van der Waals surface area (Å²) in [6.45, 7) is 15.6. The predicted molar refractivity (Wildman–Crippen MR) is 206 cm³/mol. The van der Waals surface area contributed by atoms with E-state index in [1.807, 2.05) is 0 Å². The Morgan fingerprint density at radius 3 is 0.909 bits per heavy atom. The molecule has 2 nitrogen and oxygen atoms in total. The minimum absolute atomic E-state index is 0.0736. The third kappa shape index (κ3) is 38.0. The molecule has 0 bridgehead atoms. The van der Waals surface area contributed by atoms with Crippen molar-refractivity contribution < 1.29 is 6.15 Å². The number of rotatable bonds is 36. The van der Waals surface area contributed by atoms with E-state index in [9.17, 15) is 0 Å². The molecule has 0 aliphatic heterocycles. The Morgan fingerprint density at radius 2 is 0.591 bits per heavy atom. The van der Waals surface area contributed by atoms with Gasteiger partial charge in [-0.15, -0.1) is 0 Å². The molecule has 0 N–H and O–H groups in total. The van der Waals surface area contributed by atoms with Gasteiger partial charge in [0.1, 0.15) is 0 Å². The molecule has 0 aliphatic carbocycles. The standard InChI is InChI=1S/4C8H17.2C4H9O.2Sn/c4*1-3-5-7-8-6-4-2;2*1-2-3-4-5;;/h4*1,3-8H2,2H3;2*2-4H2,1H3;;/q;;;;2*-1;;+2. The Bertz CT molecular complexity index is 446. The van der Waals surface area contributed by atoms with Crippen LogP contribution in [-0.4, -0.2) is 53.6 Å². The molecular formula is C40H86O2Sn2. The van der Waals surface area contributed by atoms with Crippen LogP contribution in [0, 0.1) is 0 Å². The molecule has 0 fully saturated rings. The van der Waals surface area contributed by atoms with Gasteiger partial charge in [-0.2, -0.15) is 0 Å². The molecule has 4 heteroatoms. The van der Waals surface area contributed by atoms with Gasteiger partial charge in [-0.3, -0.25) is 0 Å². The SMILES string of the molecule is CCCCCCC[CH2][Sn]([CH2]CCCCCCC)([O]CCCC)[O]CCCC.CCCCCCC[CH2][Sn][CH2]CCCCCCC. The molecule has 2 radical (unpaired) electrons. The predicted octanol–water partition coefficient (Wildman–Crippen LogP) is 15.0. The fourth-order valence-corrected chi connectivity index (χ4v) is 19.4. The van der Waals surface area contributed by atoms with Gasteiger partial charge < -0.3 is 0 Å². The Labute approximate surface area is 296 Å². The summed E-state index contributed by atoms with van der Waals surface area (Å²) in [5.41, 5.74) is 0. The maximum atomic E-state index is 6.66. The van der Waals surface area contributed by atoms with Gasteiger partial charge in [0.25, 0.3) is 0 Å². The summed E-state index contributed by atoms with van der Waals surface area (Å²) in [4.78, 5) is 0. The monoisotopic (exact) mass is 838 g/mol. The summed E-state index contributed by atoms with van der Waals surface area (Å²) in [5.74, 6) is 0. The summed E-state index contributed by atoms with van der Waals surface area (Å²) in [5, 5.41) is 0. The van der Waals surface area contributed by atoms with Crippen molar-refractivity contribution in [1.82, 2.24) is 0 Å². The summed E-state index contributed by atoms with van der Waals surface area (Å²) >= 11 is -2.80. The number of hydrogen-bond acceptors (Lipinski definition) is 2. The Balaban J connectivity index is 0. The molecule has 0 unspecified atom stereocenters. The molecule has 0 rings (SSSR count). The summed E-state index contributed by atoms with van der Waals surface area (Å²) in [6, 6.07) is 0. The molecule has 0 aromatic rings. The van der Waals surface area contributed by atoms with E-state index >= 15 is 0 Å². The van der Waals surface area contributed by atoms with Crippen LogP contribution >= 0.6 is 0 Å². The quantitative estimate of drug-likeness (QED) is 0.0462. The van der Waals surface area contributed by atoms with E-state index in [-0.39, 0.29) is 21.1 Å². The third-order valence-electron chi connectivity index (χ3n) is 8.96. The van der Waals surface area contributed by atoms with Crippen LogP contribution in [0.4, 0.5) is 0 Å². The molecule has 0 saturated heterocycles. The number of unbranched alkanes of at least 4 members (excludes halogenated alkanes) is 22. The van der Waals surface area contributed by atoms with Crippen molar-refractivity contribution in [2.45, 2.75) is 239 Å². The average molecular weight is 837 g/mol. The van der Waals surface area contributed by atoms with Gasteiger partial charge in [0.15, 0.2) is 0 Å². The van der Waals surface area contributed by atoms with E-state index in [4.69, 9.17) is 6.15 Å². The average Bonchev–Trinajstić information content (AvgIpc) is 3.03. The van der Waals surface area contributed by atoms with Crippen LogP contribution < -0.4 is 0 Å². The van der Waals surface area contributed by atoms with E-state index in [0.29, 0.717) is 0 Å². The molecule has 0 heterocycles. The second kappa shape index (κ2) is 42.5. The van der Waals surface area contributed by atoms with Gasteiger partial charge in [-0.25, -0.2) is 0 Å². The van der Waals surface area contributed by atoms with Gasteiger partial charge in [-0.1, -0.05) is 0 Å². The van der Waals surface area contributed by atoms with Crippen molar-refractivity contribution in [3.63, 3.8) is 0 Å². The van der Waals surface area contributed by atoms with E-state index in [0.717, 1.165) is 13.2 Å². The van der Waals surface area contributed by atoms with Crippen molar-refractivity contribution >= 4 is 40.3 Å². The first-order valence-corrected chi connectivity index (χ1v) is 31.0. The summed E-state index contributed by atoms with van der Waals surface area (Å²) < 4.78 is 19.2. The zero-order valence-corrected chi connectivity index (χ0v) is 37.6. The van der Waals surface area contributed by atoms with Gasteiger partial charge in [-0.05, 0) is 0 Å². The Kier molecular flexibility index (Phi) is 46.1. The van der Waals surface area contributed by atoms with Crippen LogP contribution in [0.1, 0.15) is 221 Å². The van der Waals surface area contributed by atoms with Gasteiger partial charge in [0.2, 0.25) is 0 Å². The van der Waals surface area contributed by atoms with E-state index in [1.54, 1.807) is 21.7 Å². The van der Waals surface area contributed by atoms with Gasteiger partial charge in [0, 0.05) is 0 Å². The van der Waals surface area contributed by atoms with Crippen molar-refractivity contribution in [3.05, 3.63) is 0 Å². The normalized spacial score (nSPS) is 11.6. The molecule has 44 heavy (non-hydrogen) atoms. The van der Waals surface area contributed by atoms with Crippen LogP contribution in [0.15, 0.2) is 0 Å². The van der Waals surface area contributed by atoms with Crippen molar-refractivity contribution in [1.29, 1.82) is 0 Å². The van der Waals surface area contributed by atoms with Crippen LogP contribution in [0.2, 0.25) is 17.7 Å². The van der Waals surface area contributed by atoms with Crippen LogP contribution in [0.25, 0.3) is 0 Å². The maximum absolute atomic E-state index is 6.66. The second-order valence-corrected chi connectivity index (χ2v) is 27.6. The van der Waals surface area contributed by atoms with Crippen molar-refractivity contribution in [3.8, 4) is 0 Å². The first kappa shape index (κ1) is 47.6. The molecule has 0 aliphatic rings. The van der Waals surface area contributed by atoms with Crippen molar-refractivity contribution in [2.24, 2.45) is 0 Å². The van der Waals surface area contributed by atoms with E-state index in [2.05, 4.69) is 41.5 Å². The first-order chi connectivity index (χ1) is 21.7. The molecule has 0 aromatic heterocycles. The van der Waals surface area contributed by atoms with Crippen molar-refractivity contribution in [2.75, 3.05) is 13.2 Å². The molecule has 0 spiro atoms. The van der Waals surface area contributed by atoms with Crippen LogP contribution in [0.3, 0.4) is 0 Å². The van der Waals surface area contributed by atoms with Gasteiger partial charge >= 0.3 is 299 Å². The molecule has 0 amide bonds. The fourth-order valence-electron chi connectivity index (χ4n) is 5.80. The second-order valence-electron chi connectivity index (χ2n) is 13.6.